The topological polar surface area (TPSA) is 42.0 Å². The first-order chi connectivity index (χ1) is 7.15. The standard InChI is InChI=1S/C12H16N2O/c1-4-5-10(3)14-12(15)11-6-7-13-8-9(11)2/h5-8H,4H2,1-3H3,(H,14,15)/b10-5+. The molecule has 0 radical (unpaired) electrons. The predicted molar refractivity (Wildman–Crippen MR) is 60.5 cm³/mol. The fourth-order valence-corrected chi connectivity index (χ4v) is 1.33. The number of amides is 1. The minimum Gasteiger partial charge on any atom is -0.326 e. The number of nitrogens with zero attached hydrogens (tertiary/aromatic N) is 1. The molecule has 1 N–H and O–H groups in total. The fourth-order valence-electron chi connectivity index (χ4n) is 1.33. The Labute approximate surface area is 90.2 Å². The van der Waals surface area contributed by atoms with E-state index < -0.39 is 0 Å². The van der Waals surface area contributed by atoms with Crippen molar-refractivity contribution in [3.63, 3.8) is 0 Å². The van der Waals surface area contributed by atoms with Crippen LogP contribution < -0.4 is 5.32 Å². The molecule has 0 saturated heterocycles. The van der Waals surface area contributed by atoms with E-state index in [-0.39, 0.29) is 5.91 Å². The molecule has 1 heterocycles. The van der Waals surface area contributed by atoms with Crippen LogP contribution in [0.5, 0.6) is 0 Å². The molecule has 0 aliphatic rings. The van der Waals surface area contributed by atoms with Gasteiger partial charge in [0.05, 0.1) is 0 Å². The summed E-state index contributed by atoms with van der Waals surface area (Å²) in [6.45, 7) is 5.80. The molecule has 1 aromatic heterocycles. The van der Waals surface area contributed by atoms with Gasteiger partial charge in [-0.15, -0.1) is 0 Å². The molecule has 80 valence electrons. The minimum atomic E-state index is -0.0721. The van der Waals surface area contributed by atoms with Gasteiger partial charge in [-0.2, -0.15) is 0 Å². The molecule has 3 heteroatoms. The van der Waals surface area contributed by atoms with Crippen molar-refractivity contribution in [2.45, 2.75) is 27.2 Å². The van der Waals surface area contributed by atoms with Crippen LogP contribution in [0.4, 0.5) is 0 Å². The first-order valence-electron chi connectivity index (χ1n) is 5.04. The molecule has 0 fully saturated rings. The smallest absolute Gasteiger partial charge is 0.255 e. The fraction of sp³-hybridized carbons (Fsp3) is 0.333. The van der Waals surface area contributed by atoms with Gasteiger partial charge >= 0.3 is 0 Å². The van der Waals surface area contributed by atoms with Crippen molar-refractivity contribution >= 4 is 5.91 Å². The molecule has 0 unspecified atom stereocenters. The molecule has 0 atom stereocenters. The molecule has 3 nitrogen and oxygen atoms in total. The number of aromatic nitrogens is 1. The Balaban J connectivity index is 2.78. The Bertz CT molecular complexity index is 383. The summed E-state index contributed by atoms with van der Waals surface area (Å²) in [7, 11) is 0. The van der Waals surface area contributed by atoms with Crippen LogP contribution >= 0.6 is 0 Å². The summed E-state index contributed by atoms with van der Waals surface area (Å²) in [5, 5.41) is 2.83. The molecular weight excluding hydrogens is 188 g/mol. The highest BCUT2D eigenvalue weighted by Gasteiger charge is 2.07. The number of rotatable bonds is 3. The second kappa shape index (κ2) is 5.29. The number of pyridine rings is 1. The van der Waals surface area contributed by atoms with Crippen molar-refractivity contribution in [3.8, 4) is 0 Å². The van der Waals surface area contributed by atoms with Crippen LogP contribution in [0.2, 0.25) is 0 Å². The lowest BCUT2D eigenvalue weighted by molar-refractivity contribution is 0.0965. The Kier molecular flexibility index (Phi) is 4.03. The summed E-state index contributed by atoms with van der Waals surface area (Å²) < 4.78 is 0. The second-order valence-corrected chi connectivity index (χ2v) is 3.44. The molecule has 0 aromatic carbocycles. The van der Waals surface area contributed by atoms with Gasteiger partial charge in [-0.3, -0.25) is 9.78 Å². The van der Waals surface area contributed by atoms with Crippen LogP contribution in [0.15, 0.2) is 30.2 Å². The predicted octanol–water partition coefficient (Wildman–Crippen LogP) is 2.43. The highest BCUT2D eigenvalue weighted by atomic mass is 16.1. The molecule has 0 aliphatic heterocycles. The van der Waals surface area contributed by atoms with E-state index in [1.165, 1.54) is 0 Å². The van der Waals surface area contributed by atoms with E-state index in [1.54, 1.807) is 18.5 Å². The Morgan fingerprint density at radius 2 is 2.33 bits per heavy atom. The molecule has 1 aromatic rings. The van der Waals surface area contributed by atoms with Crippen LogP contribution in [0, 0.1) is 6.92 Å². The first-order valence-corrected chi connectivity index (χ1v) is 5.04. The van der Waals surface area contributed by atoms with Crippen LogP contribution in [-0.4, -0.2) is 10.9 Å². The molecule has 1 rings (SSSR count). The van der Waals surface area contributed by atoms with Crippen LogP contribution in [0.1, 0.15) is 36.2 Å². The van der Waals surface area contributed by atoms with E-state index in [1.807, 2.05) is 26.8 Å². The third-order valence-electron chi connectivity index (χ3n) is 2.09. The maximum absolute atomic E-state index is 11.8. The first kappa shape index (κ1) is 11.4. The van der Waals surface area contributed by atoms with Gasteiger partial charge in [-0.25, -0.2) is 0 Å². The van der Waals surface area contributed by atoms with E-state index >= 15 is 0 Å². The van der Waals surface area contributed by atoms with E-state index in [0.29, 0.717) is 5.56 Å². The summed E-state index contributed by atoms with van der Waals surface area (Å²) in [5.41, 5.74) is 2.45. The largest absolute Gasteiger partial charge is 0.326 e. The number of aryl methyl sites for hydroxylation is 1. The van der Waals surface area contributed by atoms with E-state index in [4.69, 9.17) is 0 Å². The normalized spacial score (nSPS) is 11.3. The molecule has 0 aliphatic carbocycles. The van der Waals surface area contributed by atoms with Gasteiger partial charge in [-0.1, -0.05) is 13.0 Å². The summed E-state index contributed by atoms with van der Waals surface area (Å²) in [6.07, 6.45) is 6.21. The minimum absolute atomic E-state index is 0.0721. The van der Waals surface area contributed by atoms with E-state index in [0.717, 1.165) is 17.7 Å². The number of carbonyl (C=O) groups is 1. The number of allylic oxidation sites excluding steroid dienone is 2. The van der Waals surface area contributed by atoms with E-state index in [9.17, 15) is 4.79 Å². The molecule has 0 saturated carbocycles. The highest BCUT2D eigenvalue weighted by Crippen LogP contribution is 2.05. The van der Waals surface area contributed by atoms with Gasteiger partial charge < -0.3 is 5.32 Å². The molecule has 0 spiro atoms. The average molecular weight is 204 g/mol. The van der Waals surface area contributed by atoms with Crippen molar-refractivity contribution in [1.82, 2.24) is 10.3 Å². The van der Waals surface area contributed by atoms with Crippen LogP contribution in [0.25, 0.3) is 0 Å². The number of hydrogen-bond donors (Lipinski definition) is 1. The maximum atomic E-state index is 11.8. The average Bonchev–Trinajstić information content (AvgIpc) is 2.18. The number of nitrogens with one attached hydrogen (secondary N) is 1. The Morgan fingerprint density at radius 3 is 2.93 bits per heavy atom. The zero-order valence-electron chi connectivity index (χ0n) is 9.37. The zero-order chi connectivity index (χ0) is 11.3. The number of carbonyl (C=O) groups excluding carboxylic acids is 1. The lowest BCUT2D eigenvalue weighted by Gasteiger charge is -2.06. The van der Waals surface area contributed by atoms with Gasteiger partial charge in [0.1, 0.15) is 0 Å². The summed E-state index contributed by atoms with van der Waals surface area (Å²) >= 11 is 0. The lowest BCUT2D eigenvalue weighted by atomic mass is 10.1. The number of hydrogen-bond acceptors (Lipinski definition) is 2. The zero-order valence-corrected chi connectivity index (χ0v) is 9.37. The van der Waals surface area contributed by atoms with Crippen molar-refractivity contribution in [3.05, 3.63) is 41.4 Å². The summed E-state index contributed by atoms with van der Waals surface area (Å²) in [6, 6.07) is 1.73. The van der Waals surface area contributed by atoms with Gasteiger partial charge in [0.2, 0.25) is 0 Å². The lowest BCUT2D eigenvalue weighted by Crippen LogP contribution is -2.22. The summed E-state index contributed by atoms with van der Waals surface area (Å²) in [5.74, 6) is -0.0721. The van der Waals surface area contributed by atoms with Crippen LogP contribution in [0.3, 0.4) is 0 Å². The van der Waals surface area contributed by atoms with Gasteiger partial charge in [0, 0.05) is 23.7 Å². The Morgan fingerprint density at radius 1 is 1.60 bits per heavy atom. The van der Waals surface area contributed by atoms with Crippen molar-refractivity contribution in [1.29, 1.82) is 0 Å². The SMILES string of the molecule is CC/C=C(\C)NC(=O)c1ccncc1C. The second-order valence-electron chi connectivity index (χ2n) is 3.44. The van der Waals surface area contributed by atoms with Gasteiger partial charge in [-0.05, 0) is 31.9 Å². The Hall–Kier alpha value is -1.64. The molecule has 0 bridgehead atoms. The monoisotopic (exact) mass is 204 g/mol. The third-order valence-corrected chi connectivity index (χ3v) is 2.09. The summed E-state index contributed by atoms with van der Waals surface area (Å²) in [4.78, 5) is 15.7. The van der Waals surface area contributed by atoms with Crippen molar-refractivity contribution in [2.24, 2.45) is 0 Å². The van der Waals surface area contributed by atoms with Crippen molar-refractivity contribution in [2.75, 3.05) is 0 Å². The van der Waals surface area contributed by atoms with Crippen molar-refractivity contribution < 1.29 is 4.79 Å². The molecule has 1 amide bonds. The quantitative estimate of drug-likeness (QED) is 0.821. The molecular formula is C12H16N2O. The van der Waals surface area contributed by atoms with Crippen LogP contribution in [-0.2, 0) is 0 Å². The van der Waals surface area contributed by atoms with E-state index in [2.05, 4.69) is 10.3 Å². The maximum Gasteiger partial charge on any atom is 0.255 e. The van der Waals surface area contributed by atoms with Gasteiger partial charge in [0.25, 0.3) is 5.91 Å². The molecule has 15 heavy (non-hydrogen) atoms. The third kappa shape index (κ3) is 3.20. The highest BCUT2D eigenvalue weighted by molar-refractivity contribution is 5.96. The van der Waals surface area contributed by atoms with Gasteiger partial charge in [0.15, 0.2) is 0 Å².